The second-order valence-electron chi connectivity index (χ2n) is 12.3. The van der Waals surface area contributed by atoms with E-state index in [0.717, 1.165) is 19.3 Å². The first-order chi connectivity index (χ1) is 19.6. The van der Waals surface area contributed by atoms with Crippen LogP contribution in [-0.2, 0) is 33.2 Å². The van der Waals surface area contributed by atoms with Crippen molar-refractivity contribution in [2.45, 2.75) is 166 Å². The summed E-state index contributed by atoms with van der Waals surface area (Å²) in [6, 6.07) is 0. The molecule has 3 rings (SSSR count). The summed E-state index contributed by atoms with van der Waals surface area (Å²) in [4.78, 5) is 0. The molecule has 3 heterocycles. The first-order valence-corrected chi connectivity index (χ1v) is 15.7. The summed E-state index contributed by atoms with van der Waals surface area (Å²) in [5, 5.41) is 11.1. The Balaban J connectivity index is 1.57. The van der Waals surface area contributed by atoms with E-state index in [1.54, 1.807) is 13.8 Å². The van der Waals surface area contributed by atoms with Gasteiger partial charge in [0.25, 0.3) is 0 Å². The highest BCUT2D eigenvalue weighted by Crippen LogP contribution is 2.49. The molecule has 0 saturated carbocycles. The zero-order valence-corrected chi connectivity index (χ0v) is 26.1. The van der Waals surface area contributed by atoms with E-state index in [-0.39, 0.29) is 12.4 Å². The van der Waals surface area contributed by atoms with Crippen LogP contribution in [0.4, 0.5) is 0 Å². The summed E-state index contributed by atoms with van der Waals surface area (Å²) in [5.41, 5.74) is 5.43. The fraction of sp³-hybridized carbons (Fsp3) is 0.818. The van der Waals surface area contributed by atoms with E-state index in [0.29, 0.717) is 6.42 Å². The number of aliphatic hydroxyl groups excluding tert-OH is 1. The monoisotopic (exact) mass is 578 g/mol. The largest absolute Gasteiger partial charge is 0.447 e. The number of aliphatic hydroxyl groups is 1. The topological polar surface area (TPSA) is 84.8 Å². The van der Waals surface area contributed by atoms with Gasteiger partial charge in [0.2, 0.25) is 0 Å². The van der Waals surface area contributed by atoms with Gasteiger partial charge in [0.1, 0.15) is 18.5 Å². The van der Waals surface area contributed by atoms with Crippen molar-refractivity contribution in [2.24, 2.45) is 0 Å². The Labute approximate surface area is 247 Å². The average molecular weight is 579 g/mol. The van der Waals surface area contributed by atoms with Crippen LogP contribution in [0.2, 0.25) is 0 Å². The van der Waals surface area contributed by atoms with E-state index in [9.17, 15) is 5.11 Å². The van der Waals surface area contributed by atoms with E-state index in [2.05, 4.69) is 31.5 Å². The van der Waals surface area contributed by atoms with Gasteiger partial charge < -0.3 is 38.3 Å². The number of ether oxygens (including phenoxy) is 7. The molecule has 6 atom stereocenters. The van der Waals surface area contributed by atoms with Crippen LogP contribution in [0.5, 0.6) is 0 Å². The Morgan fingerprint density at radius 3 is 2.02 bits per heavy atom. The molecule has 0 unspecified atom stereocenters. The molecule has 8 heteroatoms. The van der Waals surface area contributed by atoms with Crippen LogP contribution in [0.1, 0.15) is 118 Å². The lowest BCUT2D eigenvalue weighted by Gasteiger charge is -2.39. The van der Waals surface area contributed by atoms with Gasteiger partial charge in [-0.1, -0.05) is 109 Å². The Kier molecular flexibility index (Phi) is 13.0. The fourth-order valence-electron chi connectivity index (χ4n) is 5.83. The number of hydrogen-bond donors (Lipinski definition) is 1. The number of fused-ring (bicyclic) bond motifs is 1. The van der Waals surface area contributed by atoms with E-state index < -0.39 is 48.1 Å². The number of hydrogen-bond acceptors (Lipinski definition) is 8. The van der Waals surface area contributed by atoms with Gasteiger partial charge in [-0.15, -0.1) is 0 Å². The summed E-state index contributed by atoms with van der Waals surface area (Å²) in [7, 11) is 0. The van der Waals surface area contributed by atoms with Crippen molar-refractivity contribution in [1.82, 2.24) is 0 Å². The molecule has 0 spiro atoms. The van der Waals surface area contributed by atoms with E-state index in [1.165, 1.54) is 64.0 Å². The third kappa shape index (κ3) is 9.44. The molecule has 0 bridgehead atoms. The van der Waals surface area contributed by atoms with Gasteiger partial charge in [0.05, 0.1) is 6.61 Å². The minimum Gasteiger partial charge on any atom is -0.447 e. The minimum absolute atomic E-state index is 0.159. The van der Waals surface area contributed by atoms with Gasteiger partial charge in [-0.25, -0.2) is 0 Å². The standard InChI is InChI=1S/C33H54O8/c1-8-11-12-13-14-15-16-17-18-19-20-21-22-25(34)26(10-3)39-33(35-23-9-2)28(27-24-36-31(4,5)38-27)37-30-29(33)40-32(6,7)41-30/h23,25,27-30,34H,2-3,8,11-22,24H2,1,4-7H3/t25-,27+,28+,29-,30-,33+/m1/s1. The maximum absolute atomic E-state index is 11.1. The normalized spacial score (nSPS) is 30.3. The van der Waals surface area contributed by atoms with Crippen molar-refractivity contribution in [2.75, 3.05) is 6.61 Å². The Bertz CT molecular complexity index is 903. The Hall–Kier alpha value is -1.60. The maximum Gasteiger partial charge on any atom is 0.312 e. The fourth-order valence-corrected chi connectivity index (χ4v) is 5.83. The molecule has 3 aliphatic rings. The van der Waals surface area contributed by atoms with Crippen molar-refractivity contribution < 1.29 is 38.3 Å². The summed E-state index contributed by atoms with van der Waals surface area (Å²) in [6.07, 6.45) is 12.9. The van der Waals surface area contributed by atoms with Crippen molar-refractivity contribution in [1.29, 1.82) is 0 Å². The lowest BCUT2D eigenvalue weighted by atomic mass is 10.00. The predicted octanol–water partition coefficient (Wildman–Crippen LogP) is 7.16. The van der Waals surface area contributed by atoms with Crippen LogP contribution >= 0.6 is 0 Å². The summed E-state index contributed by atoms with van der Waals surface area (Å²) in [6.45, 7) is 17.2. The molecule has 0 aromatic carbocycles. The van der Waals surface area contributed by atoms with E-state index >= 15 is 0 Å². The highest BCUT2D eigenvalue weighted by atomic mass is 16.9. The van der Waals surface area contributed by atoms with Gasteiger partial charge in [-0.2, -0.15) is 0 Å². The van der Waals surface area contributed by atoms with Crippen molar-refractivity contribution in [3.8, 4) is 0 Å². The second kappa shape index (κ2) is 15.7. The SMILES string of the molecule is C=C=CO[C@@]1(OC(=C=C)[C@H](O)CCCCCCCCCCCCCC)[C@@H]2OC(C)(C)O[C@H]2O[C@H]1[C@@H]1COC(C)(C)O1. The molecule has 0 radical (unpaired) electrons. The zero-order valence-electron chi connectivity index (χ0n) is 26.1. The maximum atomic E-state index is 11.1. The molecule has 0 amide bonds. The summed E-state index contributed by atoms with van der Waals surface area (Å²) in [5.74, 6) is -3.17. The molecule has 3 aliphatic heterocycles. The van der Waals surface area contributed by atoms with Crippen LogP contribution in [0.15, 0.2) is 36.6 Å². The molecule has 0 aromatic rings. The molecular weight excluding hydrogens is 524 g/mol. The number of unbranched alkanes of at least 4 members (excludes halogenated alkanes) is 11. The molecule has 1 N–H and O–H groups in total. The lowest BCUT2D eigenvalue weighted by Crippen LogP contribution is -2.57. The summed E-state index contributed by atoms with van der Waals surface area (Å²) < 4.78 is 43.1. The van der Waals surface area contributed by atoms with Crippen LogP contribution in [0, 0.1) is 0 Å². The number of rotatable bonds is 19. The highest BCUT2D eigenvalue weighted by molar-refractivity contribution is 5.10. The third-order valence-corrected chi connectivity index (χ3v) is 7.90. The van der Waals surface area contributed by atoms with Gasteiger partial charge in [-0.3, -0.25) is 0 Å². The van der Waals surface area contributed by atoms with Crippen molar-refractivity contribution in [3.05, 3.63) is 36.6 Å². The molecule has 3 saturated heterocycles. The van der Waals surface area contributed by atoms with E-state index in [4.69, 9.17) is 33.2 Å². The quantitative estimate of drug-likeness (QED) is 0.0748. The van der Waals surface area contributed by atoms with Crippen LogP contribution in [-0.4, -0.2) is 59.8 Å². The zero-order chi connectivity index (χ0) is 29.9. The van der Waals surface area contributed by atoms with Crippen molar-refractivity contribution in [3.63, 3.8) is 0 Å². The minimum atomic E-state index is -1.59. The highest BCUT2D eigenvalue weighted by Gasteiger charge is 2.71. The van der Waals surface area contributed by atoms with Gasteiger partial charge in [0, 0.05) is 0 Å². The molecule has 3 fully saturated rings. The molecule has 41 heavy (non-hydrogen) atoms. The predicted molar refractivity (Wildman–Crippen MR) is 157 cm³/mol. The molecule has 8 nitrogen and oxygen atoms in total. The molecule has 0 aromatic heterocycles. The first-order valence-electron chi connectivity index (χ1n) is 15.7. The summed E-state index contributed by atoms with van der Waals surface area (Å²) >= 11 is 0. The Morgan fingerprint density at radius 1 is 0.878 bits per heavy atom. The van der Waals surface area contributed by atoms with Gasteiger partial charge in [0.15, 0.2) is 35.8 Å². The third-order valence-electron chi connectivity index (χ3n) is 7.90. The first kappa shape index (κ1) is 33.9. The lowest BCUT2D eigenvalue weighted by molar-refractivity contribution is -0.306. The Morgan fingerprint density at radius 2 is 1.49 bits per heavy atom. The molecule has 0 aliphatic carbocycles. The van der Waals surface area contributed by atoms with E-state index in [1.807, 2.05) is 13.8 Å². The molecule has 234 valence electrons. The van der Waals surface area contributed by atoms with Crippen molar-refractivity contribution >= 4 is 0 Å². The van der Waals surface area contributed by atoms with Gasteiger partial charge >= 0.3 is 5.79 Å². The average Bonchev–Trinajstić information content (AvgIpc) is 3.54. The van der Waals surface area contributed by atoms with Crippen LogP contribution < -0.4 is 0 Å². The van der Waals surface area contributed by atoms with Crippen LogP contribution in [0.25, 0.3) is 0 Å². The smallest absolute Gasteiger partial charge is 0.312 e. The van der Waals surface area contributed by atoms with Crippen LogP contribution in [0.3, 0.4) is 0 Å². The second-order valence-corrected chi connectivity index (χ2v) is 12.3. The molecular formula is C33H54O8. The van der Waals surface area contributed by atoms with Gasteiger partial charge in [-0.05, 0) is 34.1 Å².